The van der Waals surface area contributed by atoms with E-state index in [1.54, 1.807) is 0 Å². The zero-order valence-corrected chi connectivity index (χ0v) is 15.5. The molecule has 1 aromatic heterocycles. The Morgan fingerprint density at radius 2 is 1.73 bits per heavy atom. The largest absolute Gasteiger partial charge is 0.503 e. The van der Waals surface area contributed by atoms with Crippen LogP contribution in [0.4, 0.5) is 0 Å². The third kappa shape index (κ3) is 4.45. The van der Waals surface area contributed by atoms with Crippen LogP contribution < -0.4 is 10.2 Å². The minimum Gasteiger partial charge on any atom is -0.503 e. The van der Waals surface area contributed by atoms with Crippen molar-refractivity contribution in [3.8, 4) is 11.5 Å². The molecule has 6 nitrogen and oxygen atoms in total. The molecule has 0 spiro atoms. The van der Waals surface area contributed by atoms with Crippen LogP contribution in [0.5, 0.6) is 11.5 Å². The van der Waals surface area contributed by atoms with Crippen molar-refractivity contribution in [1.82, 2.24) is 14.4 Å². The van der Waals surface area contributed by atoms with Crippen LogP contribution in [-0.4, -0.2) is 58.8 Å². The fourth-order valence-electron chi connectivity index (χ4n) is 3.24. The Labute approximate surface area is 154 Å². The van der Waals surface area contributed by atoms with Crippen LogP contribution in [0.3, 0.4) is 0 Å². The highest BCUT2D eigenvalue weighted by molar-refractivity contribution is 5.29. The number of piperazine rings is 1. The van der Waals surface area contributed by atoms with Crippen LogP contribution in [-0.2, 0) is 13.6 Å². The molecule has 1 fully saturated rings. The molecule has 1 aliphatic rings. The number of aromatic hydroxyl groups is 1. The van der Waals surface area contributed by atoms with E-state index in [-0.39, 0.29) is 11.2 Å². The predicted molar refractivity (Wildman–Crippen MR) is 102 cm³/mol. The molecule has 140 valence electrons. The summed E-state index contributed by atoms with van der Waals surface area (Å²) < 4.78 is 7.66. The first kappa shape index (κ1) is 18.5. The number of nitrogens with zero attached hydrogens (tertiary/aromatic N) is 3. The lowest BCUT2D eigenvalue weighted by molar-refractivity contribution is 0.110. The Kier molecular flexibility index (Phi) is 5.96. The Balaban J connectivity index is 1.48. The fraction of sp³-hybridized carbons (Fsp3) is 0.450. The van der Waals surface area contributed by atoms with E-state index in [1.807, 2.05) is 48.9 Å². The molecule has 0 amide bonds. The molecule has 0 unspecified atom stereocenters. The summed E-state index contributed by atoms with van der Waals surface area (Å²) in [6.45, 7) is 7.79. The van der Waals surface area contributed by atoms with Crippen molar-refractivity contribution < 1.29 is 9.84 Å². The molecule has 2 aromatic rings. The van der Waals surface area contributed by atoms with Gasteiger partial charge in [-0.3, -0.25) is 14.6 Å². The molecule has 0 saturated carbocycles. The lowest BCUT2D eigenvalue weighted by Crippen LogP contribution is -2.47. The van der Waals surface area contributed by atoms with E-state index in [0.29, 0.717) is 18.8 Å². The number of hydrogen-bond donors (Lipinski definition) is 1. The number of pyridine rings is 1. The van der Waals surface area contributed by atoms with Crippen molar-refractivity contribution in [3.63, 3.8) is 0 Å². The maximum absolute atomic E-state index is 11.8. The van der Waals surface area contributed by atoms with Crippen LogP contribution in [0, 0.1) is 6.92 Å². The second-order valence-electron chi connectivity index (χ2n) is 6.78. The zero-order chi connectivity index (χ0) is 18.5. The molecule has 6 heteroatoms. The van der Waals surface area contributed by atoms with Gasteiger partial charge in [-0.15, -0.1) is 0 Å². The Bertz CT molecular complexity index is 781. The molecule has 2 heterocycles. The fourth-order valence-corrected chi connectivity index (χ4v) is 3.24. The molecule has 26 heavy (non-hydrogen) atoms. The summed E-state index contributed by atoms with van der Waals surface area (Å²) in [5.74, 6) is 0.777. The van der Waals surface area contributed by atoms with Crippen LogP contribution in [0.1, 0.15) is 11.4 Å². The van der Waals surface area contributed by atoms with E-state index in [1.165, 1.54) is 6.07 Å². The maximum atomic E-state index is 11.8. The summed E-state index contributed by atoms with van der Waals surface area (Å²) >= 11 is 0. The van der Waals surface area contributed by atoms with Gasteiger partial charge in [0.15, 0.2) is 5.75 Å². The van der Waals surface area contributed by atoms with E-state index >= 15 is 0 Å². The molecule has 1 N–H and O–H groups in total. The second-order valence-corrected chi connectivity index (χ2v) is 6.78. The highest BCUT2D eigenvalue weighted by atomic mass is 16.5. The number of hydrogen-bond acceptors (Lipinski definition) is 5. The van der Waals surface area contributed by atoms with Crippen LogP contribution in [0.15, 0.2) is 41.2 Å². The number of aromatic nitrogens is 1. The van der Waals surface area contributed by atoms with Gasteiger partial charge in [-0.1, -0.05) is 18.2 Å². The quantitative estimate of drug-likeness (QED) is 0.851. The van der Waals surface area contributed by atoms with Gasteiger partial charge < -0.3 is 14.4 Å². The first-order valence-corrected chi connectivity index (χ1v) is 9.05. The molecule has 0 radical (unpaired) electrons. The van der Waals surface area contributed by atoms with Crippen molar-refractivity contribution in [1.29, 1.82) is 0 Å². The third-order valence-electron chi connectivity index (χ3n) is 5.04. The number of rotatable bonds is 6. The van der Waals surface area contributed by atoms with Crippen molar-refractivity contribution in [2.24, 2.45) is 7.05 Å². The van der Waals surface area contributed by atoms with Gasteiger partial charge in [0, 0.05) is 58.1 Å². The van der Waals surface area contributed by atoms with Crippen LogP contribution >= 0.6 is 0 Å². The second kappa shape index (κ2) is 8.38. The van der Waals surface area contributed by atoms with Crippen molar-refractivity contribution in [2.45, 2.75) is 13.5 Å². The summed E-state index contributed by atoms with van der Waals surface area (Å²) in [5, 5.41) is 10.1. The van der Waals surface area contributed by atoms with Gasteiger partial charge in [0.25, 0.3) is 0 Å². The van der Waals surface area contributed by atoms with Crippen molar-refractivity contribution in [3.05, 3.63) is 58.0 Å². The first-order valence-electron chi connectivity index (χ1n) is 9.05. The molecule has 3 rings (SSSR count). The molecule has 0 bridgehead atoms. The van der Waals surface area contributed by atoms with Crippen molar-refractivity contribution in [2.75, 3.05) is 39.3 Å². The maximum Gasteiger partial charge on any atom is 0.223 e. The number of ether oxygens (including phenoxy) is 1. The molecule has 0 atom stereocenters. The predicted octanol–water partition coefficient (Wildman–Crippen LogP) is 1.60. The Morgan fingerprint density at radius 1 is 1.08 bits per heavy atom. The monoisotopic (exact) mass is 357 g/mol. The normalized spacial score (nSPS) is 15.9. The van der Waals surface area contributed by atoms with E-state index in [4.69, 9.17) is 4.74 Å². The van der Waals surface area contributed by atoms with Gasteiger partial charge in [-0.2, -0.15) is 0 Å². The van der Waals surface area contributed by atoms with E-state index < -0.39 is 0 Å². The minimum atomic E-state index is -0.299. The minimum absolute atomic E-state index is 0.128. The van der Waals surface area contributed by atoms with Gasteiger partial charge >= 0.3 is 0 Å². The highest BCUT2D eigenvalue weighted by Crippen LogP contribution is 2.16. The van der Waals surface area contributed by atoms with E-state index in [9.17, 15) is 9.90 Å². The van der Waals surface area contributed by atoms with Crippen LogP contribution in [0.2, 0.25) is 0 Å². The van der Waals surface area contributed by atoms with Gasteiger partial charge in [0.2, 0.25) is 5.43 Å². The molecule has 1 aromatic carbocycles. The van der Waals surface area contributed by atoms with Gasteiger partial charge in [-0.05, 0) is 19.1 Å². The summed E-state index contributed by atoms with van der Waals surface area (Å²) in [6, 6.07) is 11.3. The number of para-hydroxylation sites is 1. The molecular formula is C20H27N3O3. The van der Waals surface area contributed by atoms with Crippen molar-refractivity contribution >= 4 is 0 Å². The standard InChI is InChI=1S/C20H27N3O3/c1-16-14-19(24)20(25)18(21(16)2)15-23-10-8-22(9-11-23)12-13-26-17-6-4-3-5-7-17/h3-7,14,25H,8-13,15H2,1-2H3. The average Bonchev–Trinajstić information content (AvgIpc) is 2.66. The van der Waals surface area contributed by atoms with Crippen LogP contribution in [0.25, 0.3) is 0 Å². The van der Waals surface area contributed by atoms with E-state index in [0.717, 1.165) is 44.2 Å². The molecule has 1 saturated heterocycles. The molecular weight excluding hydrogens is 330 g/mol. The van der Waals surface area contributed by atoms with E-state index in [2.05, 4.69) is 9.80 Å². The highest BCUT2D eigenvalue weighted by Gasteiger charge is 2.20. The summed E-state index contributed by atoms with van der Waals surface area (Å²) in [6.07, 6.45) is 0. The van der Waals surface area contributed by atoms with Gasteiger partial charge in [-0.25, -0.2) is 0 Å². The molecule has 0 aliphatic carbocycles. The lowest BCUT2D eigenvalue weighted by Gasteiger charge is -2.35. The van der Waals surface area contributed by atoms with Gasteiger partial charge in [0.05, 0.1) is 5.69 Å². The average molecular weight is 357 g/mol. The lowest BCUT2D eigenvalue weighted by atomic mass is 10.2. The first-order chi connectivity index (χ1) is 12.5. The summed E-state index contributed by atoms with van der Waals surface area (Å²) in [7, 11) is 1.89. The summed E-state index contributed by atoms with van der Waals surface area (Å²) in [5.41, 5.74) is 1.25. The number of benzene rings is 1. The summed E-state index contributed by atoms with van der Waals surface area (Å²) in [4.78, 5) is 16.5. The van der Waals surface area contributed by atoms with Gasteiger partial charge in [0.1, 0.15) is 12.4 Å². The Morgan fingerprint density at radius 3 is 2.42 bits per heavy atom. The topological polar surface area (TPSA) is 57.9 Å². The zero-order valence-electron chi connectivity index (χ0n) is 15.5. The third-order valence-corrected chi connectivity index (χ3v) is 5.04. The SMILES string of the molecule is Cc1cc(=O)c(O)c(CN2CCN(CCOc3ccccc3)CC2)n1C. The smallest absolute Gasteiger partial charge is 0.223 e. The number of aryl methyl sites for hydroxylation is 1. The molecule has 1 aliphatic heterocycles. The Hall–Kier alpha value is -2.31.